The van der Waals surface area contributed by atoms with Crippen LogP contribution in [-0.2, 0) is 9.59 Å². The Morgan fingerprint density at radius 3 is 2.57 bits per heavy atom. The first-order valence-electron chi connectivity index (χ1n) is 9.20. The first-order chi connectivity index (χ1) is 14.4. The molecular weight excluding hydrogens is 392 g/mol. The SMILES string of the molecule is O=C(CN1C(=O)c2cccc([N+](=O)[O-])c2C1=O)Nc1cccc(N2CCCC2=O)c1. The van der Waals surface area contributed by atoms with Gasteiger partial charge >= 0.3 is 0 Å². The number of hydrogen-bond acceptors (Lipinski definition) is 6. The first kappa shape index (κ1) is 19.2. The van der Waals surface area contributed by atoms with E-state index in [-0.39, 0.29) is 17.0 Å². The van der Waals surface area contributed by atoms with Gasteiger partial charge in [0.2, 0.25) is 11.8 Å². The molecule has 10 nitrogen and oxygen atoms in total. The molecule has 0 spiro atoms. The number of benzene rings is 2. The minimum Gasteiger partial charge on any atom is -0.324 e. The minimum absolute atomic E-state index is 0.00564. The van der Waals surface area contributed by atoms with Crippen molar-refractivity contribution >= 4 is 40.7 Å². The number of nitro benzene ring substituents is 1. The van der Waals surface area contributed by atoms with Gasteiger partial charge in [-0.1, -0.05) is 12.1 Å². The van der Waals surface area contributed by atoms with Crippen LogP contribution in [0.5, 0.6) is 0 Å². The highest BCUT2D eigenvalue weighted by molar-refractivity contribution is 6.24. The highest BCUT2D eigenvalue weighted by Crippen LogP contribution is 2.30. The standard InChI is InChI=1S/C20H16N4O6/c25-16(21-12-4-1-5-13(10-12)22-9-3-8-17(22)26)11-23-19(27)14-6-2-7-15(24(29)30)18(14)20(23)28/h1-2,4-7,10H,3,8-9,11H2,(H,21,25). The van der Waals surface area contributed by atoms with Crippen LogP contribution in [0.15, 0.2) is 42.5 Å². The van der Waals surface area contributed by atoms with Crippen LogP contribution in [-0.4, -0.2) is 46.5 Å². The van der Waals surface area contributed by atoms with Crippen LogP contribution in [0, 0.1) is 10.1 Å². The fourth-order valence-electron chi connectivity index (χ4n) is 3.63. The average molecular weight is 408 g/mol. The van der Waals surface area contributed by atoms with Crippen molar-refractivity contribution in [2.24, 2.45) is 0 Å². The number of nitrogens with zero attached hydrogens (tertiary/aromatic N) is 3. The van der Waals surface area contributed by atoms with E-state index in [4.69, 9.17) is 0 Å². The molecule has 152 valence electrons. The number of amides is 4. The molecule has 0 radical (unpaired) electrons. The second-order valence-corrected chi connectivity index (χ2v) is 6.90. The van der Waals surface area contributed by atoms with Crippen molar-refractivity contribution in [3.05, 3.63) is 63.7 Å². The van der Waals surface area contributed by atoms with E-state index < -0.39 is 34.9 Å². The molecule has 2 heterocycles. The smallest absolute Gasteiger partial charge is 0.282 e. The lowest BCUT2D eigenvalue weighted by atomic mass is 10.1. The van der Waals surface area contributed by atoms with Crippen molar-refractivity contribution in [1.29, 1.82) is 0 Å². The summed E-state index contributed by atoms with van der Waals surface area (Å²) >= 11 is 0. The summed E-state index contributed by atoms with van der Waals surface area (Å²) in [6, 6.07) is 10.5. The number of anilines is 2. The van der Waals surface area contributed by atoms with E-state index in [0.717, 1.165) is 12.5 Å². The van der Waals surface area contributed by atoms with Crippen LogP contribution >= 0.6 is 0 Å². The third kappa shape index (κ3) is 3.28. The Morgan fingerprint density at radius 1 is 1.10 bits per heavy atom. The zero-order valence-electron chi connectivity index (χ0n) is 15.7. The summed E-state index contributed by atoms with van der Waals surface area (Å²) in [5.41, 5.74) is 0.162. The molecule has 1 saturated heterocycles. The van der Waals surface area contributed by atoms with Crippen molar-refractivity contribution in [2.45, 2.75) is 12.8 Å². The van der Waals surface area contributed by atoms with E-state index in [2.05, 4.69) is 5.32 Å². The summed E-state index contributed by atoms with van der Waals surface area (Å²) in [7, 11) is 0. The van der Waals surface area contributed by atoms with Crippen LogP contribution < -0.4 is 10.2 Å². The van der Waals surface area contributed by atoms with Gasteiger partial charge in [-0.25, -0.2) is 0 Å². The van der Waals surface area contributed by atoms with Crippen molar-refractivity contribution < 1.29 is 24.1 Å². The molecule has 10 heteroatoms. The quantitative estimate of drug-likeness (QED) is 0.457. The number of imide groups is 1. The van der Waals surface area contributed by atoms with Crippen molar-refractivity contribution in [2.75, 3.05) is 23.3 Å². The molecule has 4 amide bonds. The fourth-order valence-corrected chi connectivity index (χ4v) is 3.63. The van der Waals surface area contributed by atoms with Crippen LogP contribution in [0.4, 0.5) is 17.1 Å². The lowest BCUT2D eigenvalue weighted by Gasteiger charge is -2.17. The third-order valence-corrected chi connectivity index (χ3v) is 4.99. The number of nitro groups is 1. The predicted octanol–water partition coefficient (Wildman–Crippen LogP) is 1.96. The number of carbonyl (C=O) groups excluding carboxylic acids is 4. The van der Waals surface area contributed by atoms with Crippen molar-refractivity contribution in [3.63, 3.8) is 0 Å². The fraction of sp³-hybridized carbons (Fsp3) is 0.200. The summed E-state index contributed by atoms with van der Waals surface area (Å²) in [4.78, 5) is 62.1. The zero-order valence-corrected chi connectivity index (χ0v) is 15.7. The Labute approximate surface area is 170 Å². The van der Waals surface area contributed by atoms with E-state index in [1.165, 1.54) is 12.1 Å². The molecule has 2 aliphatic heterocycles. The lowest BCUT2D eigenvalue weighted by Crippen LogP contribution is -2.37. The van der Waals surface area contributed by atoms with Crippen molar-refractivity contribution in [1.82, 2.24) is 4.90 Å². The summed E-state index contributed by atoms with van der Waals surface area (Å²) < 4.78 is 0. The molecule has 0 bridgehead atoms. The molecule has 0 unspecified atom stereocenters. The van der Waals surface area contributed by atoms with Crippen LogP contribution in [0.3, 0.4) is 0 Å². The summed E-state index contributed by atoms with van der Waals surface area (Å²) in [6.07, 6.45) is 1.24. The molecule has 0 aromatic heterocycles. The van der Waals surface area contributed by atoms with Crippen LogP contribution in [0.25, 0.3) is 0 Å². The minimum atomic E-state index is -0.881. The number of fused-ring (bicyclic) bond motifs is 1. The lowest BCUT2D eigenvalue weighted by molar-refractivity contribution is -0.385. The highest BCUT2D eigenvalue weighted by atomic mass is 16.6. The Hall–Kier alpha value is -4.08. The van der Waals surface area contributed by atoms with Gasteiger partial charge in [0, 0.05) is 30.4 Å². The Balaban J connectivity index is 1.49. The van der Waals surface area contributed by atoms with Gasteiger partial charge in [0.05, 0.1) is 10.5 Å². The van der Waals surface area contributed by atoms with Crippen molar-refractivity contribution in [3.8, 4) is 0 Å². The van der Waals surface area contributed by atoms with Gasteiger partial charge in [-0.05, 0) is 30.7 Å². The molecule has 2 aromatic carbocycles. The summed E-state index contributed by atoms with van der Waals surface area (Å²) in [6.45, 7) is 0.0143. The number of hydrogen-bond donors (Lipinski definition) is 1. The maximum absolute atomic E-state index is 12.6. The number of rotatable bonds is 5. The largest absolute Gasteiger partial charge is 0.324 e. The molecule has 1 N–H and O–H groups in total. The molecule has 1 fully saturated rings. The average Bonchev–Trinajstić information content (AvgIpc) is 3.25. The number of nitrogens with one attached hydrogen (secondary N) is 1. The van der Waals surface area contributed by atoms with E-state index in [9.17, 15) is 29.3 Å². The zero-order chi connectivity index (χ0) is 21.4. The molecule has 0 saturated carbocycles. The van der Waals surface area contributed by atoms with E-state index in [1.54, 1.807) is 29.2 Å². The first-order valence-corrected chi connectivity index (χ1v) is 9.20. The molecular formula is C20H16N4O6. The maximum Gasteiger partial charge on any atom is 0.282 e. The van der Waals surface area contributed by atoms with Gasteiger partial charge in [0.25, 0.3) is 17.5 Å². The van der Waals surface area contributed by atoms with E-state index in [1.807, 2.05) is 0 Å². The summed E-state index contributed by atoms with van der Waals surface area (Å²) in [5.74, 6) is -2.28. The predicted molar refractivity (Wildman–Crippen MR) is 105 cm³/mol. The van der Waals surface area contributed by atoms with E-state index in [0.29, 0.717) is 29.2 Å². The molecule has 30 heavy (non-hydrogen) atoms. The molecule has 0 aliphatic carbocycles. The molecule has 2 aliphatic rings. The third-order valence-electron chi connectivity index (χ3n) is 4.99. The Morgan fingerprint density at radius 2 is 1.87 bits per heavy atom. The highest BCUT2D eigenvalue weighted by Gasteiger charge is 2.41. The second-order valence-electron chi connectivity index (χ2n) is 6.90. The van der Waals surface area contributed by atoms with Crippen LogP contribution in [0.1, 0.15) is 33.6 Å². The Bertz CT molecular complexity index is 1110. The van der Waals surface area contributed by atoms with Gasteiger partial charge in [-0.15, -0.1) is 0 Å². The number of carbonyl (C=O) groups is 4. The van der Waals surface area contributed by atoms with E-state index >= 15 is 0 Å². The van der Waals surface area contributed by atoms with Crippen LogP contribution in [0.2, 0.25) is 0 Å². The topological polar surface area (TPSA) is 130 Å². The monoisotopic (exact) mass is 408 g/mol. The molecule has 0 atom stereocenters. The maximum atomic E-state index is 12.6. The summed E-state index contributed by atoms with van der Waals surface area (Å²) in [5, 5.41) is 13.8. The van der Waals surface area contributed by atoms with Gasteiger partial charge in [-0.2, -0.15) is 0 Å². The van der Waals surface area contributed by atoms with Gasteiger partial charge in [-0.3, -0.25) is 34.2 Å². The Kier molecular flexibility index (Phi) is 4.74. The molecule has 4 rings (SSSR count). The van der Waals surface area contributed by atoms with Gasteiger partial charge in [0.15, 0.2) is 0 Å². The second kappa shape index (κ2) is 7.39. The van der Waals surface area contributed by atoms with Gasteiger partial charge in [0.1, 0.15) is 12.1 Å². The van der Waals surface area contributed by atoms with Gasteiger partial charge < -0.3 is 10.2 Å². The molecule has 2 aromatic rings. The normalized spacial score (nSPS) is 15.5.